The van der Waals surface area contributed by atoms with E-state index in [1.54, 1.807) is 0 Å². The summed E-state index contributed by atoms with van der Waals surface area (Å²) < 4.78 is 0.596. The number of hydrogen-bond donors (Lipinski definition) is 0. The fourth-order valence-electron chi connectivity index (χ4n) is 0.516. The van der Waals surface area contributed by atoms with Gasteiger partial charge in [0.25, 0.3) is 0 Å². The van der Waals surface area contributed by atoms with E-state index < -0.39 is 0 Å². The summed E-state index contributed by atoms with van der Waals surface area (Å²) in [5.41, 5.74) is 0.465. The number of pyridine rings is 1. The van der Waals surface area contributed by atoms with E-state index in [0.29, 0.717) is 21.3 Å². The molecule has 1 rings (SSSR count). The highest BCUT2D eigenvalue weighted by Gasteiger charge is 2.01. The third-order valence-corrected chi connectivity index (χ3v) is 2.39. The van der Waals surface area contributed by atoms with E-state index in [1.165, 1.54) is 12.4 Å². The van der Waals surface area contributed by atoms with E-state index in [0.717, 1.165) is 0 Å². The number of halogens is 2. The van der Waals surface area contributed by atoms with Gasteiger partial charge in [-0.05, 0) is 15.9 Å². The first kappa shape index (κ1) is 7.69. The maximum atomic E-state index is 10.3. The number of nitrogens with zero attached hydrogens (tertiary/aromatic N) is 1. The minimum absolute atomic E-state index is 0.449. The van der Waals surface area contributed by atoms with Gasteiger partial charge in [-0.1, -0.05) is 11.6 Å². The lowest BCUT2D eigenvalue weighted by molar-refractivity contribution is 0.112. The van der Waals surface area contributed by atoms with E-state index in [9.17, 15) is 4.79 Å². The number of carbonyl (C=O) groups is 1. The highest BCUT2D eigenvalue weighted by Crippen LogP contribution is 2.23. The number of hydrogen-bond acceptors (Lipinski definition) is 2. The predicted octanol–water partition coefficient (Wildman–Crippen LogP) is 2.31. The second-order valence-electron chi connectivity index (χ2n) is 1.64. The normalized spacial score (nSPS) is 9.40. The van der Waals surface area contributed by atoms with Crippen molar-refractivity contribution in [2.75, 3.05) is 0 Å². The summed E-state index contributed by atoms with van der Waals surface area (Å²) >= 11 is 8.76. The topological polar surface area (TPSA) is 30.0 Å². The van der Waals surface area contributed by atoms with Crippen LogP contribution in [0.2, 0.25) is 5.02 Å². The van der Waals surface area contributed by atoms with Crippen LogP contribution in [0, 0.1) is 0 Å². The van der Waals surface area contributed by atoms with E-state index in [2.05, 4.69) is 20.9 Å². The monoisotopic (exact) mass is 219 g/mol. The minimum Gasteiger partial charge on any atom is -0.298 e. The summed E-state index contributed by atoms with van der Waals surface area (Å²) in [6.45, 7) is 0. The smallest absolute Gasteiger partial charge is 0.152 e. The molecular weight excluding hydrogens is 217 g/mol. The zero-order valence-electron chi connectivity index (χ0n) is 4.84. The molecule has 0 bridgehead atoms. The Hall–Kier alpha value is -0.410. The van der Waals surface area contributed by atoms with Crippen molar-refractivity contribution in [3.05, 3.63) is 27.5 Å². The van der Waals surface area contributed by atoms with E-state index in [-0.39, 0.29) is 0 Å². The number of aromatic nitrogens is 1. The Morgan fingerprint density at radius 3 is 2.80 bits per heavy atom. The van der Waals surface area contributed by atoms with Gasteiger partial charge in [0.05, 0.1) is 5.02 Å². The van der Waals surface area contributed by atoms with Crippen molar-refractivity contribution in [1.29, 1.82) is 0 Å². The van der Waals surface area contributed by atoms with Gasteiger partial charge in [0.15, 0.2) is 6.29 Å². The van der Waals surface area contributed by atoms with Crippen LogP contribution in [0.25, 0.3) is 0 Å². The first-order valence-corrected chi connectivity index (χ1v) is 3.67. The fraction of sp³-hybridized carbons (Fsp3) is 0. The molecule has 2 nitrogen and oxygen atoms in total. The molecule has 0 unspecified atom stereocenters. The Kier molecular flexibility index (Phi) is 2.40. The molecular formula is C6H3BrClNO. The Bertz CT molecular complexity index is 264. The van der Waals surface area contributed by atoms with Crippen LogP contribution in [0.4, 0.5) is 0 Å². The summed E-state index contributed by atoms with van der Waals surface area (Å²) in [6.07, 6.45) is 3.62. The Morgan fingerprint density at radius 1 is 1.60 bits per heavy atom. The molecule has 0 radical (unpaired) electrons. The second kappa shape index (κ2) is 3.12. The lowest BCUT2D eigenvalue weighted by Gasteiger charge is -1.95. The molecule has 0 aliphatic heterocycles. The number of aldehydes is 1. The third-order valence-electron chi connectivity index (χ3n) is 0.992. The standard InChI is InChI=1S/C6H3BrClNO/c7-6-4(3-10)1-9-2-5(6)8/h1-3H. The molecule has 52 valence electrons. The lowest BCUT2D eigenvalue weighted by Crippen LogP contribution is -1.84. The van der Waals surface area contributed by atoms with Gasteiger partial charge < -0.3 is 0 Å². The van der Waals surface area contributed by atoms with Crippen molar-refractivity contribution in [3.8, 4) is 0 Å². The van der Waals surface area contributed by atoms with Crippen LogP contribution in [0.15, 0.2) is 16.9 Å². The van der Waals surface area contributed by atoms with Gasteiger partial charge in [-0.25, -0.2) is 0 Å². The van der Waals surface area contributed by atoms with Gasteiger partial charge in [0.2, 0.25) is 0 Å². The average Bonchev–Trinajstić information content (AvgIpc) is 1.95. The molecule has 0 atom stereocenters. The van der Waals surface area contributed by atoms with Crippen molar-refractivity contribution in [3.63, 3.8) is 0 Å². The first-order chi connectivity index (χ1) is 4.75. The van der Waals surface area contributed by atoms with Gasteiger partial charge >= 0.3 is 0 Å². The molecule has 0 aliphatic carbocycles. The van der Waals surface area contributed by atoms with Crippen LogP contribution in [0.3, 0.4) is 0 Å². The lowest BCUT2D eigenvalue weighted by atomic mass is 10.3. The van der Waals surface area contributed by atoms with Crippen LogP contribution in [-0.2, 0) is 0 Å². The molecule has 0 saturated heterocycles. The molecule has 0 aliphatic rings. The summed E-state index contributed by atoms with van der Waals surface area (Å²) in [5.74, 6) is 0. The molecule has 0 spiro atoms. The molecule has 1 heterocycles. The quantitative estimate of drug-likeness (QED) is 0.680. The zero-order valence-corrected chi connectivity index (χ0v) is 7.19. The molecule has 1 aromatic heterocycles. The van der Waals surface area contributed by atoms with Crippen molar-refractivity contribution in [1.82, 2.24) is 4.98 Å². The van der Waals surface area contributed by atoms with Gasteiger partial charge in [0, 0.05) is 22.4 Å². The van der Waals surface area contributed by atoms with Gasteiger partial charge in [-0.2, -0.15) is 0 Å². The molecule has 0 amide bonds. The van der Waals surface area contributed by atoms with Gasteiger partial charge in [0.1, 0.15) is 0 Å². The fourth-order valence-corrected chi connectivity index (χ4v) is 0.980. The average molecular weight is 220 g/mol. The van der Waals surface area contributed by atoms with Crippen molar-refractivity contribution in [2.45, 2.75) is 0 Å². The highest BCUT2D eigenvalue weighted by atomic mass is 79.9. The predicted molar refractivity (Wildman–Crippen MR) is 42.3 cm³/mol. The van der Waals surface area contributed by atoms with Crippen molar-refractivity contribution >= 4 is 33.8 Å². The zero-order chi connectivity index (χ0) is 7.56. The second-order valence-corrected chi connectivity index (χ2v) is 2.84. The molecule has 0 fully saturated rings. The SMILES string of the molecule is O=Cc1cncc(Cl)c1Br. The van der Waals surface area contributed by atoms with Crippen molar-refractivity contribution < 1.29 is 4.79 Å². The highest BCUT2D eigenvalue weighted by molar-refractivity contribution is 9.10. The Balaban J connectivity index is 3.27. The molecule has 0 N–H and O–H groups in total. The minimum atomic E-state index is 0.449. The summed E-state index contributed by atoms with van der Waals surface area (Å²) in [7, 11) is 0. The van der Waals surface area contributed by atoms with Crippen LogP contribution in [0.1, 0.15) is 10.4 Å². The van der Waals surface area contributed by atoms with Crippen molar-refractivity contribution in [2.24, 2.45) is 0 Å². The number of rotatable bonds is 1. The van der Waals surface area contributed by atoms with E-state index >= 15 is 0 Å². The summed E-state index contributed by atoms with van der Waals surface area (Å²) in [5, 5.41) is 0.449. The first-order valence-electron chi connectivity index (χ1n) is 2.50. The summed E-state index contributed by atoms with van der Waals surface area (Å²) in [6, 6.07) is 0. The van der Waals surface area contributed by atoms with Gasteiger partial charge in [-0.3, -0.25) is 9.78 Å². The molecule has 1 aromatic rings. The molecule has 10 heavy (non-hydrogen) atoms. The van der Waals surface area contributed by atoms with Crippen LogP contribution >= 0.6 is 27.5 Å². The maximum Gasteiger partial charge on any atom is 0.152 e. The summed E-state index contributed by atoms with van der Waals surface area (Å²) in [4.78, 5) is 14.0. The molecule has 4 heteroatoms. The van der Waals surface area contributed by atoms with Crippen LogP contribution in [-0.4, -0.2) is 11.3 Å². The van der Waals surface area contributed by atoms with E-state index in [4.69, 9.17) is 11.6 Å². The maximum absolute atomic E-state index is 10.3. The molecule has 0 aromatic carbocycles. The van der Waals surface area contributed by atoms with E-state index in [1.807, 2.05) is 0 Å². The third kappa shape index (κ3) is 1.36. The Morgan fingerprint density at radius 2 is 2.30 bits per heavy atom. The van der Waals surface area contributed by atoms with Gasteiger partial charge in [-0.15, -0.1) is 0 Å². The van der Waals surface area contributed by atoms with Crippen LogP contribution < -0.4 is 0 Å². The number of carbonyl (C=O) groups excluding carboxylic acids is 1. The van der Waals surface area contributed by atoms with Crippen LogP contribution in [0.5, 0.6) is 0 Å². The Labute approximate surface area is 71.3 Å². The molecule has 0 saturated carbocycles. The largest absolute Gasteiger partial charge is 0.298 e.